The number of nitrogens with zero attached hydrogens (tertiary/aromatic N) is 1. The van der Waals surface area contributed by atoms with Crippen LogP contribution in [0.4, 0.5) is 13.2 Å². The van der Waals surface area contributed by atoms with Crippen molar-refractivity contribution in [1.29, 1.82) is 0 Å². The fourth-order valence-electron chi connectivity index (χ4n) is 1.14. The van der Waals surface area contributed by atoms with Gasteiger partial charge in [-0.25, -0.2) is 9.78 Å². The number of nitrogens with one attached hydrogen (secondary N) is 1. The number of carbonyl (C=O) groups excluding carboxylic acids is 1. The monoisotopic (exact) mass is 292 g/mol. The molecular formula is C11H11F3N2O4. The van der Waals surface area contributed by atoms with Crippen molar-refractivity contribution < 1.29 is 32.6 Å². The quantitative estimate of drug-likeness (QED) is 0.770. The Morgan fingerprint density at radius 3 is 2.55 bits per heavy atom. The van der Waals surface area contributed by atoms with Gasteiger partial charge >= 0.3 is 18.1 Å². The van der Waals surface area contributed by atoms with Crippen molar-refractivity contribution in [2.45, 2.75) is 12.6 Å². The summed E-state index contributed by atoms with van der Waals surface area (Å²) in [5.74, 6) is -2.97. The molecule has 0 bridgehead atoms. The van der Waals surface area contributed by atoms with Gasteiger partial charge in [0.1, 0.15) is 0 Å². The van der Waals surface area contributed by atoms with E-state index in [0.717, 1.165) is 6.20 Å². The third-order valence-corrected chi connectivity index (χ3v) is 2.10. The van der Waals surface area contributed by atoms with Crippen LogP contribution in [0.2, 0.25) is 0 Å². The maximum atomic E-state index is 11.8. The van der Waals surface area contributed by atoms with Crippen LogP contribution in [0.25, 0.3) is 0 Å². The Morgan fingerprint density at radius 2 is 2.05 bits per heavy atom. The minimum absolute atomic E-state index is 0.00482. The highest BCUT2D eigenvalue weighted by Gasteiger charge is 2.38. The molecule has 0 aliphatic rings. The summed E-state index contributed by atoms with van der Waals surface area (Å²) in [6.07, 6.45) is -3.64. The lowest BCUT2D eigenvalue weighted by Gasteiger charge is -2.08. The Labute approximate surface area is 111 Å². The third kappa shape index (κ3) is 5.12. The van der Waals surface area contributed by atoms with Crippen molar-refractivity contribution in [3.8, 4) is 5.88 Å². The second kappa shape index (κ2) is 6.73. The van der Waals surface area contributed by atoms with Gasteiger partial charge < -0.3 is 15.2 Å². The topological polar surface area (TPSA) is 88.5 Å². The van der Waals surface area contributed by atoms with Crippen LogP contribution in [0.5, 0.6) is 5.88 Å². The van der Waals surface area contributed by atoms with E-state index in [1.165, 1.54) is 12.1 Å². The molecule has 0 atom stereocenters. The van der Waals surface area contributed by atoms with E-state index in [4.69, 9.17) is 9.84 Å². The number of aromatic nitrogens is 1. The molecule has 0 radical (unpaired) electrons. The summed E-state index contributed by atoms with van der Waals surface area (Å²) in [6, 6.07) is 2.62. The predicted octanol–water partition coefficient (Wildman–Crippen LogP) is 1.23. The van der Waals surface area contributed by atoms with Crippen LogP contribution in [-0.2, 0) is 4.79 Å². The first-order chi connectivity index (χ1) is 9.30. The van der Waals surface area contributed by atoms with Gasteiger partial charge in [0.25, 0.3) is 0 Å². The molecule has 0 aliphatic carbocycles. The molecule has 2 N–H and O–H groups in total. The van der Waals surface area contributed by atoms with E-state index in [0.29, 0.717) is 0 Å². The van der Waals surface area contributed by atoms with Crippen molar-refractivity contribution in [1.82, 2.24) is 10.3 Å². The lowest BCUT2D eigenvalue weighted by atomic mass is 10.3. The number of alkyl halides is 3. The average Bonchev–Trinajstić information content (AvgIpc) is 2.37. The summed E-state index contributed by atoms with van der Waals surface area (Å²) < 4.78 is 40.5. The molecule has 0 aliphatic heterocycles. The highest BCUT2D eigenvalue weighted by atomic mass is 19.4. The fourth-order valence-corrected chi connectivity index (χ4v) is 1.14. The zero-order chi connectivity index (χ0) is 15.2. The second-order valence-electron chi connectivity index (χ2n) is 3.65. The number of amides is 1. The van der Waals surface area contributed by atoms with Crippen LogP contribution in [0.1, 0.15) is 16.8 Å². The number of aromatic carboxylic acids is 1. The molecule has 1 aromatic rings. The van der Waals surface area contributed by atoms with Crippen LogP contribution in [-0.4, -0.2) is 41.3 Å². The summed E-state index contributed by atoms with van der Waals surface area (Å²) in [5, 5.41) is 10.3. The standard InChI is InChI=1S/C11H11F3N2O4/c12-11(13,14)10(19)15-4-1-5-20-8-3-2-7(6-16-8)9(17)18/h2-3,6H,1,4-5H2,(H,15,19)(H,17,18). The molecule has 0 saturated heterocycles. The smallest absolute Gasteiger partial charge is 0.471 e. The zero-order valence-electron chi connectivity index (χ0n) is 10.1. The zero-order valence-corrected chi connectivity index (χ0v) is 10.1. The average molecular weight is 292 g/mol. The molecule has 0 unspecified atom stereocenters. The molecule has 20 heavy (non-hydrogen) atoms. The maximum Gasteiger partial charge on any atom is 0.471 e. The van der Waals surface area contributed by atoms with Gasteiger partial charge in [0, 0.05) is 18.8 Å². The van der Waals surface area contributed by atoms with E-state index in [-0.39, 0.29) is 31.0 Å². The summed E-state index contributed by atoms with van der Waals surface area (Å²) in [4.78, 5) is 24.7. The molecule has 110 valence electrons. The number of ether oxygens (including phenoxy) is 1. The molecular weight excluding hydrogens is 281 g/mol. The number of hydrogen-bond acceptors (Lipinski definition) is 4. The van der Waals surface area contributed by atoms with E-state index in [2.05, 4.69) is 4.98 Å². The molecule has 0 fully saturated rings. The van der Waals surface area contributed by atoms with E-state index in [1.807, 2.05) is 0 Å². The number of hydrogen-bond donors (Lipinski definition) is 2. The Balaban J connectivity index is 2.25. The van der Waals surface area contributed by atoms with Crippen LogP contribution >= 0.6 is 0 Å². The highest BCUT2D eigenvalue weighted by Crippen LogP contribution is 2.13. The first kappa shape index (κ1) is 15.7. The first-order valence-electron chi connectivity index (χ1n) is 5.48. The van der Waals surface area contributed by atoms with E-state index >= 15 is 0 Å². The number of carboxylic acids is 1. The first-order valence-corrected chi connectivity index (χ1v) is 5.48. The number of carboxylic acid groups (broad SMARTS) is 1. The Bertz CT molecular complexity index is 474. The van der Waals surface area contributed by atoms with Crippen molar-refractivity contribution in [2.75, 3.05) is 13.2 Å². The van der Waals surface area contributed by atoms with E-state index in [9.17, 15) is 22.8 Å². The molecule has 1 amide bonds. The summed E-state index contributed by atoms with van der Waals surface area (Å²) >= 11 is 0. The lowest BCUT2D eigenvalue weighted by Crippen LogP contribution is -2.37. The lowest BCUT2D eigenvalue weighted by molar-refractivity contribution is -0.173. The van der Waals surface area contributed by atoms with Gasteiger partial charge in [-0.2, -0.15) is 13.2 Å². The minimum atomic E-state index is -4.89. The maximum absolute atomic E-state index is 11.8. The van der Waals surface area contributed by atoms with Crippen molar-refractivity contribution in [2.24, 2.45) is 0 Å². The molecule has 1 rings (SSSR count). The van der Waals surface area contributed by atoms with Crippen LogP contribution < -0.4 is 10.1 Å². The molecule has 6 nitrogen and oxygen atoms in total. The van der Waals surface area contributed by atoms with Crippen molar-refractivity contribution >= 4 is 11.9 Å². The van der Waals surface area contributed by atoms with E-state index < -0.39 is 18.1 Å². The van der Waals surface area contributed by atoms with Gasteiger partial charge in [0.15, 0.2) is 0 Å². The Morgan fingerprint density at radius 1 is 1.35 bits per heavy atom. The van der Waals surface area contributed by atoms with Crippen LogP contribution in [0.3, 0.4) is 0 Å². The summed E-state index contributed by atoms with van der Waals surface area (Å²) in [6.45, 7) is -0.150. The van der Waals surface area contributed by atoms with Crippen molar-refractivity contribution in [3.63, 3.8) is 0 Å². The van der Waals surface area contributed by atoms with Crippen LogP contribution in [0.15, 0.2) is 18.3 Å². The van der Waals surface area contributed by atoms with Crippen molar-refractivity contribution in [3.05, 3.63) is 23.9 Å². The largest absolute Gasteiger partial charge is 0.478 e. The molecule has 1 heterocycles. The van der Waals surface area contributed by atoms with Gasteiger partial charge in [-0.05, 0) is 12.5 Å². The fraction of sp³-hybridized carbons (Fsp3) is 0.364. The van der Waals surface area contributed by atoms with Gasteiger partial charge in [-0.15, -0.1) is 0 Å². The molecule has 1 aromatic heterocycles. The third-order valence-electron chi connectivity index (χ3n) is 2.10. The predicted molar refractivity (Wildman–Crippen MR) is 60.4 cm³/mol. The normalized spacial score (nSPS) is 10.9. The Hall–Kier alpha value is -2.32. The molecule has 0 saturated carbocycles. The second-order valence-corrected chi connectivity index (χ2v) is 3.65. The SMILES string of the molecule is O=C(O)c1ccc(OCCCNC(=O)C(F)(F)F)nc1. The van der Waals surface area contributed by atoms with Gasteiger partial charge in [-0.3, -0.25) is 4.79 Å². The minimum Gasteiger partial charge on any atom is -0.478 e. The number of halogens is 3. The molecule has 9 heteroatoms. The van der Waals surface area contributed by atoms with Gasteiger partial charge in [-0.1, -0.05) is 0 Å². The van der Waals surface area contributed by atoms with Gasteiger partial charge in [0.05, 0.1) is 12.2 Å². The van der Waals surface area contributed by atoms with Crippen LogP contribution in [0, 0.1) is 0 Å². The number of rotatable bonds is 6. The van der Waals surface area contributed by atoms with Gasteiger partial charge in [0.2, 0.25) is 5.88 Å². The number of pyridine rings is 1. The molecule has 0 aromatic carbocycles. The molecule has 0 spiro atoms. The summed E-state index contributed by atoms with van der Waals surface area (Å²) in [5.41, 5.74) is -0.00482. The number of carbonyl (C=O) groups is 2. The highest BCUT2D eigenvalue weighted by molar-refractivity contribution is 5.87. The Kier molecular flexibility index (Phi) is 5.30. The van der Waals surface area contributed by atoms with E-state index in [1.54, 1.807) is 5.32 Å². The summed E-state index contributed by atoms with van der Waals surface area (Å²) in [7, 11) is 0.